The van der Waals surface area contributed by atoms with Crippen LogP contribution in [0.1, 0.15) is 51.0 Å². The van der Waals surface area contributed by atoms with E-state index < -0.39 is 33.4 Å². The van der Waals surface area contributed by atoms with Crippen LogP contribution in [-0.4, -0.2) is 55.8 Å². The molecule has 0 spiro atoms. The Labute approximate surface area is 258 Å². The zero-order valence-electron chi connectivity index (χ0n) is 24.9. The highest BCUT2D eigenvalue weighted by atomic mass is 32.2. The molecule has 1 atom stereocenters. The molecule has 1 fully saturated rings. The number of sulfonamides is 1. The number of nitrogens with one attached hydrogen (secondary N) is 1. The zero-order valence-corrected chi connectivity index (χ0v) is 25.7. The van der Waals surface area contributed by atoms with Gasteiger partial charge in [0.1, 0.15) is 18.3 Å². The van der Waals surface area contributed by atoms with Crippen molar-refractivity contribution in [3.8, 4) is 5.75 Å². The average Bonchev–Trinajstić information content (AvgIpc) is 3.04. The first-order chi connectivity index (χ1) is 21.1. The van der Waals surface area contributed by atoms with E-state index in [1.165, 1.54) is 42.3 Å². The summed E-state index contributed by atoms with van der Waals surface area (Å²) in [4.78, 5) is 40.1. The van der Waals surface area contributed by atoms with Crippen LogP contribution in [0.5, 0.6) is 5.75 Å². The number of nitro groups is 1. The first-order valence-electron chi connectivity index (χ1n) is 14.7. The van der Waals surface area contributed by atoms with E-state index in [1.54, 1.807) is 49.4 Å². The van der Waals surface area contributed by atoms with E-state index in [1.807, 2.05) is 0 Å². The summed E-state index contributed by atoms with van der Waals surface area (Å²) >= 11 is 0. The van der Waals surface area contributed by atoms with E-state index in [0.717, 1.165) is 42.5 Å². The van der Waals surface area contributed by atoms with Crippen LogP contribution in [0.25, 0.3) is 0 Å². The Bertz CT molecular complexity index is 1560. The third-order valence-corrected chi connectivity index (χ3v) is 9.55. The Morgan fingerprint density at radius 3 is 2.36 bits per heavy atom. The van der Waals surface area contributed by atoms with Crippen LogP contribution in [0.15, 0.2) is 83.8 Å². The molecule has 3 aromatic carbocycles. The molecule has 1 unspecified atom stereocenters. The van der Waals surface area contributed by atoms with Gasteiger partial charge in [0.25, 0.3) is 15.7 Å². The van der Waals surface area contributed by atoms with Crippen LogP contribution in [0.3, 0.4) is 0 Å². The summed E-state index contributed by atoms with van der Waals surface area (Å²) in [7, 11) is -2.81. The lowest BCUT2D eigenvalue weighted by atomic mass is 9.95. The highest BCUT2D eigenvalue weighted by Gasteiger charge is 2.35. The Kier molecular flexibility index (Phi) is 10.9. The van der Waals surface area contributed by atoms with Crippen LogP contribution in [0, 0.1) is 10.1 Å². The Hall–Kier alpha value is -4.45. The van der Waals surface area contributed by atoms with Gasteiger partial charge in [0, 0.05) is 24.7 Å². The number of amides is 2. The summed E-state index contributed by atoms with van der Waals surface area (Å²) in [6.45, 7) is 1.13. The molecular weight excluding hydrogens is 584 g/mol. The van der Waals surface area contributed by atoms with Crippen LogP contribution in [-0.2, 0) is 26.2 Å². The molecule has 0 bridgehead atoms. The maximum atomic E-state index is 14.3. The quantitative estimate of drug-likeness (QED) is 0.208. The highest BCUT2D eigenvalue weighted by molar-refractivity contribution is 7.92. The lowest BCUT2D eigenvalue weighted by Crippen LogP contribution is -2.54. The summed E-state index contributed by atoms with van der Waals surface area (Å²) in [5.41, 5.74) is 0.321. The summed E-state index contributed by atoms with van der Waals surface area (Å²) in [5.74, 6) is -0.368. The van der Waals surface area contributed by atoms with Crippen molar-refractivity contribution in [3.63, 3.8) is 0 Å². The molecule has 2 amide bonds. The van der Waals surface area contributed by atoms with Gasteiger partial charge in [-0.05, 0) is 55.2 Å². The second-order valence-electron chi connectivity index (χ2n) is 10.7. The highest BCUT2D eigenvalue weighted by Crippen LogP contribution is 2.28. The molecule has 1 saturated carbocycles. The molecule has 1 aliphatic rings. The third kappa shape index (κ3) is 7.93. The average molecular weight is 623 g/mol. The van der Waals surface area contributed by atoms with Gasteiger partial charge in [-0.3, -0.25) is 24.0 Å². The molecule has 11 nitrogen and oxygen atoms in total. The lowest BCUT2D eigenvalue weighted by molar-refractivity contribution is -0.384. The van der Waals surface area contributed by atoms with Crippen LogP contribution < -0.4 is 14.4 Å². The second kappa shape index (κ2) is 14.8. The van der Waals surface area contributed by atoms with Crippen LogP contribution in [0.4, 0.5) is 11.4 Å². The standard InChI is InChI=1S/C32H38N4O7S/c1-3-30(32(38)33-25-13-6-4-7-14-25)34(22-24-12-10-17-28(20-24)43-2)31(37)23-35(26-15-11-16-27(21-26)36(39)40)44(41,42)29-18-8-5-9-19-29/h5,8-12,15-21,25,30H,3-4,6-7,13-14,22-23H2,1-2H3,(H,33,38). The summed E-state index contributed by atoms with van der Waals surface area (Å²) < 4.78 is 34.1. The van der Waals surface area contributed by atoms with Crippen molar-refractivity contribution in [2.24, 2.45) is 0 Å². The molecule has 0 saturated heterocycles. The number of hydrogen-bond donors (Lipinski definition) is 1. The van der Waals surface area contributed by atoms with Crippen molar-refractivity contribution in [2.75, 3.05) is 18.0 Å². The van der Waals surface area contributed by atoms with Crippen molar-refractivity contribution in [1.82, 2.24) is 10.2 Å². The van der Waals surface area contributed by atoms with Gasteiger partial charge in [0.05, 0.1) is 22.6 Å². The van der Waals surface area contributed by atoms with Crippen molar-refractivity contribution < 1.29 is 27.7 Å². The normalized spacial score (nSPS) is 14.3. The maximum Gasteiger partial charge on any atom is 0.271 e. The summed E-state index contributed by atoms with van der Waals surface area (Å²) in [6.07, 6.45) is 5.17. The topological polar surface area (TPSA) is 139 Å². The van der Waals surface area contributed by atoms with E-state index in [4.69, 9.17) is 4.74 Å². The molecular formula is C32H38N4O7S. The molecule has 0 radical (unpaired) electrons. The van der Waals surface area contributed by atoms with E-state index in [-0.39, 0.29) is 41.2 Å². The van der Waals surface area contributed by atoms with Gasteiger partial charge in [0.2, 0.25) is 11.8 Å². The van der Waals surface area contributed by atoms with E-state index in [9.17, 15) is 28.1 Å². The Morgan fingerprint density at radius 2 is 1.70 bits per heavy atom. The van der Waals surface area contributed by atoms with Crippen LogP contribution in [0.2, 0.25) is 0 Å². The second-order valence-corrected chi connectivity index (χ2v) is 12.6. The number of methoxy groups -OCH3 is 1. The molecule has 12 heteroatoms. The molecule has 44 heavy (non-hydrogen) atoms. The number of carbonyl (C=O) groups excluding carboxylic acids is 2. The number of anilines is 1. The van der Waals surface area contributed by atoms with Gasteiger partial charge in [-0.1, -0.05) is 62.6 Å². The smallest absolute Gasteiger partial charge is 0.271 e. The Balaban J connectivity index is 1.74. The monoisotopic (exact) mass is 622 g/mol. The fourth-order valence-electron chi connectivity index (χ4n) is 5.44. The predicted molar refractivity (Wildman–Crippen MR) is 167 cm³/mol. The van der Waals surface area contributed by atoms with Crippen LogP contribution >= 0.6 is 0 Å². The zero-order chi connectivity index (χ0) is 31.7. The number of carbonyl (C=O) groups is 2. The van der Waals surface area contributed by atoms with Gasteiger partial charge >= 0.3 is 0 Å². The number of benzene rings is 3. The van der Waals surface area contributed by atoms with Crippen molar-refractivity contribution in [3.05, 3.63) is 94.5 Å². The first-order valence-corrected chi connectivity index (χ1v) is 16.1. The lowest BCUT2D eigenvalue weighted by Gasteiger charge is -2.34. The minimum absolute atomic E-state index is 0.0129. The van der Waals surface area contributed by atoms with Gasteiger partial charge in [0.15, 0.2) is 0 Å². The van der Waals surface area contributed by atoms with Gasteiger partial charge in [-0.15, -0.1) is 0 Å². The Morgan fingerprint density at radius 1 is 1.00 bits per heavy atom. The van der Waals surface area contributed by atoms with Crippen molar-refractivity contribution in [2.45, 2.75) is 69.0 Å². The number of nitrogens with zero attached hydrogens (tertiary/aromatic N) is 3. The number of hydrogen-bond acceptors (Lipinski definition) is 7. The van der Waals surface area contributed by atoms with Crippen molar-refractivity contribution >= 4 is 33.2 Å². The van der Waals surface area contributed by atoms with Gasteiger partial charge in [-0.25, -0.2) is 8.42 Å². The molecule has 0 aromatic heterocycles. The fourth-order valence-corrected chi connectivity index (χ4v) is 6.87. The summed E-state index contributed by atoms with van der Waals surface area (Å²) in [5, 5.41) is 14.7. The number of ether oxygens (including phenoxy) is 1. The molecule has 234 valence electrons. The number of rotatable bonds is 13. The van der Waals surface area contributed by atoms with E-state index in [0.29, 0.717) is 11.3 Å². The third-order valence-electron chi connectivity index (χ3n) is 7.76. The minimum atomic E-state index is -4.34. The van der Waals surface area contributed by atoms with E-state index >= 15 is 0 Å². The first kappa shape index (κ1) is 32.5. The minimum Gasteiger partial charge on any atom is -0.497 e. The molecule has 1 N–H and O–H groups in total. The number of nitro benzene ring substituents is 1. The molecule has 4 rings (SSSR count). The number of non-ortho nitro benzene ring substituents is 1. The maximum absolute atomic E-state index is 14.3. The molecule has 0 aliphatic heterocycles. The van der Waals surface area contributed by atoms with Gasteiger partial charge in [-0.2, -0.15) is 0 Å². The molecule has 3 aromatic rings. The summed E-state index contributed by atoms with van der Waals surface area (Å²) in [6, 6.07) is 18.9. The van der Waals surface area contributed by atoms with Gasteiger partial charge < -0.3 is 15.0 Å². The predicted octanol–water partition coefficient (Wildman–Crippen LogP) is 5.06. The van der Waals surface area contributed by atoms with E-state index in [2.05, 4.69) is 5.32 Å². The largest absolute Gasteiger partial charge is 0.497 e. The van der Waals surface area contributed by atoms with Crippen molar-refractivity contribution in [1.29, 1.82) is 0 Å². The molecule has 0 heterocycles. The molecule has 1 aliphatic carbocycles. The SMILES string of the molecule is CCC(C(=O)NC1CCCCC1)N(Cc1cccc(OC)c1)C(=O)CN(c1cccc([N+](=O)[O-])c1)S(=O)(=O)c1ccccc1. The fraction of sp³-hybridized carbons (Fsp3) is 0.375.